The molecule has 0 aromatic heterocycles. The Morgan fingerprint density at radius 3 is 2.53 bits per heavy atom. The van der Waals surface area contributed by atoms with Crippen LogP contribution in [0.2, 0.25) is 0 Å². The fourth-order valence-corrected chi connectivity index (χ4v) is 1.25. The van der Waals surface area contributed by atoms with Gasteiger partial charge >= 0.3 is 0 Å². The van der Waals surface area contributed by atoms with Crippen molar-refractivity contribution in [2.24, 2.45) is 0 Å². The SMILES string of the molecule is COCCOc1cc(OC(C)C)c(F)cc1N. The van der Waals surface area contributed by atoms with E-state index in [0.29, 0.717) is 19.0 Å². The number of nitrogen functional groups attached to an aromatic ring is 1. The van der Waals surface area contributed by atoms with Gasteiger partial charge in [-0.2, -0.15) is 0 Å². The molecule has 0 fully saturated rings. The topological polar surface area (TPSA) is 53.7 Å². The average molecular weight is 243 g/mol. The van der Waals surface area contributed by atoms with Crippen LogP contribution >= 0.6 is 0 Å². The lowest BCUT2D eigenvalue weighted by molar-refractivity contribution is 0.146. The fourth-order valence-electron chi connectivity index (χ4n) is 1.25. The first-order valence-corrected chi connectivity index (χ1v) is 5.42. The van der Waals surface area contributed by atoms with Gasteiger partial charge in [0.1, 0.15) is 12.4 Å². The van der Waals surface area contributed by atoms with Crippen molar-refractivity contribution >= 4 is 5.69 Å². The van der Waals surface area contributed by atoms with Crippen LogP contribution in [0.25, 0.3) is 0 Å². The molecular weight excluding hydrogens is 225 g/mol. The second-order valence-electron chi connectivity index (χ2n) is 3.83. The van der Waals surface area contributed by atoms with E-state index in [9.17, 15) is 4.39 Å². The van der Waals surface area contributed by atoms with E-state index < -0.39 is 5.82 Å². The van der Waals surface area contributed by atoms with Gasteiger partial charge in [-0.25, -0.2) is 4.39 Å². The van der Waals surface area contributed by atoms with E-state index >= 15 is 0 Å². The molecule has 0 spiro atoms. The van der Waals surface area contributed by atoms with Gasteiger partial charge in [-0.15, -0.1) is 0 Å². The van der Waals surface area contributed by atoms with E-state index in [1.54, 1.807) is 7.11 Å². The third-order valence-corrected chi connectivity index (χ3v) is 1.97. The highest BCUT2D eigenvalue weighted by molar-refractivity contribution is 5.56. The molecule has 4 nitrogen and oxygen atoms in total. The average Bonchev–Trinajstić information content (AvgIpc) is 2.24. The number of hydrogen-bond donors (Lipinski definition) is 1. The lowest BCUT2D eigenvalue weighted by atomic mass is 10.2. The van der Waals surface area contributed by atoms with Crippen LogP contribution in [0.1, 0.15) is 13.8 Å². The van der Waals surface area contributed by atoms with Gasteiger partial charge < -0.3 is 19.9 Å². The molecule has 0 heterocycles. The van der Waals surface area contributed by atoms with Crippen molar-refractivity contribution in [3.63, 3.8) is 0 Å². The van der Waals surface area contributed by atoms with Crippen LogP contribution in [0.3, 0.4) is 0 Å². The van der Waals surface area contributed by atoms with E-state index in [-0.39, 0.29) is 17.5 Å². The Labute approximate surface area is 100 Å². The molecule has 1 rings (SSSR count). The number of ether oxygens (including phenoxy) is 3. The first-order chi connectivity index (χ1) is 8.04. The second kappa shape index (κ2) is 6.30. The van der Waals surface area contributed by atoms with Gasteiger partial charge in [-0.05, 0) is 13.8 Å². The summed E-state index contributed by atoms with van der Waals surface area (Å²) in [4.78, 5) is 0. The van der Waals surface area contributed by atoms with Gasteiger partial charge in [0.2, 0.25) is 0 Å². The fraction of sp³-hybridized carbons (Fsp3) is 0.500. The molecule has 0 aliphatic rings. The Morgan fingerprint density at radius 1 is 1.24 bits per heavy atom. The maximum absolute atomic E-state index is 13.5. The molecule has 0 aliphatic carbocycles. The van der Waals surface area contributed by atoms with Gasteiger partial charge in [0.05, 0.1) is 18.4 Å². The Morgan fingerprint density at radius 2 is 1.94 bits per heavy atom. The molecular formula is C12H18FNO3. The summed E-state index contributed by atoms with van der Waals surface area (Å²) >= 11 is 0. The molecule has 0 amide bonds. The normalized spacial score (nSPS) is 10.6. The lowest BCUT2D eigenvalue weighted by Gasteiger charge is -2.14. The van der Waals surface area contributed by atoms with E-state index in [1.165, 1.54) is 12.1 Å². The number of benzene rings is 1. The number of methoxy groups -OCH3 is 1. The summed E-state index contributed by atoms with van der Waals surface area (Å²) in [6.07, 6.45) is -0.111. The molecule has 0 radical (unpaired) electrons. The Hall–Kier alpha value is -1.49. The summed E-state index contributed by atoms with van der Waals surface area (Å²) in [5.41, 5.74) is 5.89. The lowest BCUT2D eigenvalue weighted by Crippen LogP contribution is -2.09. The molecule has 0 atom stereocenters. The van der Waals surface area contributed by atoms with Gasteiger partial charge in [0.15, 0.2) is 11.6 Å². The maximum atomic E-state index is 13.5. The largest absolute Gasteiger partial charge is 0.489 e. The minimum absolute atomic E-state index is 0.111. The summed E-state index contributed by atoms with van der Waals surface area (Å²) in [5, 5.41) is 0. The molecule has 0 aliphatic heterocycles. The summed E-state index contributed by atoms with van der Waals surface area (Å²) in [7, 11) is 1.57. The van der Waals surface area contributed by atoms with E-state index in [2.05, 4.69) is 0 Å². The number of hydrogen-bond acceptors (Lipinski definition) is 4. The molecule has 5 heteroatoms. The molecule has 1 aromatic rings. The summed E-state index contributed by atoms with van der Waals surface area (Å²) < 4.78 is 29.0. The van der Waals surface area contributed by atoms with Crippen LogP contribution in [-0.2, 0) is 4.74 Å². The quantitative estimate of drug-likeness (QED) is 0.615. The van der Waals surface area contributed by atoms with Crippen molar-refractivity contribution in [2.75, 3.05) is 26.1 Å². The Kier molecular flexibility index (Phi) is 5.03. The number of anilines is 1. The van der Waals surface area contributed by atoms with Crippen LogP contribution in [0.15, 0.2) is 12.1 Å². The minimum atomic E-state index is -0.490. The monoisotopic (exact) mass is 243 g/mol. The van der Waals surface area contributed by atoms with E-state index in [4.69, 9.17) is 19.9 Å². The van der Waals surface area contributed by atoms with Gasteiger partial charge in [-0.3, -0.25) is 0 Å². The summed E-state index contributed by atoms with van der Waals surface area (Å²) in [5.74, 6) is 0.0519. The van der Waals surface area contributed by atoms with Gasteiger partial charge in [-0.1, -0.05) is 0 Å². The van der Waals surface area contributed by atoms with Crippen LogP contribution in [0, 0.1) is 5.82 Å². The van der Waals surface area contributed by atoms with Crippen molar-refractivity contribution in [3.05, 3.63) is 17.9 Å². The molecule has 0 unspecified atom stereocenters. The third kappa shape index (κ3) is 4.11. The molecule has 96 valence electrons. The van der Waals surface area contributed by atoms with Gasteiger partial charge in [0, 0.05) is 19.2 Å². The zero-order valence-corrected chi connectivity index (χ0v) is 10.3. The second-order valence-corrected chi connectivity index (χ2v) is 3.83. The molecule has 17 heavy (non-hydrogen) atoms. The zero-order chi connectivity index (χ0) is 12.8. The minimum Gasteiger partial charge on any atom is -0.489 e. The van der Waals surface area contributed by atoms with E-state index in [0.717, 1.165) is 0 Å². The first kappa shape index (κ1) is 13.6. The molecule has 0 saturated heterocycles. The van der Waals surface area contributed by atoms with Crippen LogP contribution < -0.4 is 15.2 Å². The molecule has 0 bridgehead atoms. The van der Waals surface area contributed by atoms with E-state index in [1.807, 2.05) is 13.8 Å². The first-order valence-electron chi connectivity index (χ1n) is 5.42. The highest BCUT2D eigenvalue weighted by atomic mass is 19.1. The maximum Gasteiger partial charge on any atom is 0.167 e. The zero-order valence-electron chi connectivity index (χ0n) is 10.3. The van der Waals surface area contributed by atoms with Crippen LogP contribution in [-0.4, -0.2) is 26.4 Å². The van der Waals surface area contributed by atoms with Gasteiger partial charge in [0.25, 0.3) is 0 Å². The Balaban J connectivity index is 2.82. The van der Waals surface area contributed by atoms with Crippen LogP contribution in [0.4, 0.5) is 10.1 Å². The molecule has 1 aromatic carbocycles. The third-order valence-electron chi connectivity index (χ3n) is 1.97. The summed E-state index contributed by atoms with van der Waals surface area (Å²) in [6.45, 7) is 4.44. The predicted octanol–water partition coefficient (Wildman–Crippen LogP) is 2.22. The van der Waals surface area contributed by atoms with Crippen molar-refractivity contribution in [1.82, 2.24) is 0 Å². The predicted molar refractivity (Wildman–Crippen MR) is 63.9 cm³/mol. The number of rotatable bonds is 6. The van der Waals surface area contributed by atoms with Crippen molar-refractivity contribution in [3.8, 4) is 11.5 Å². The Bertz CT molecular complexity index is 369. The van der Waals surface area contributed by atoms with Crippen LogP contribution in [0.5, 0.6) is 11.5 Å². The highest BCUT2D eigenvalue weighted by Crippen LogP contribution is 2.30. The van der Waals surface area contributed by atoms with Crippen molar-refractivity contribution in [1.29, 1.82) is 0 Å². The standard InChI is InChI=1S/C12H18FNO3/c1-8(2)17-11-7-12(16-5-4-15-3)10(14)6-9(11)13/h6-8H,4-5,14H2,1-3H3. The van der Waals surface area contributed by atoms with Crippen molar-refractivity contribution in [2.45, 2.75) is 20.0 Å². The molecule has 2 N–H and O–H groups in total. The smallest absolute Gasteiger partial charge is 0.167 e. The summed E-state index contributed by atoms with van der Waals surface area (Å²) in [6, 6.07) is 2.65. The number of halogens is 1. The van der Waals surface area contributed by atoms with Crippen molar-refractivity contribution < 1.29 is 18.6 Å². The number of nitrogens with two attached hydrogens (primary N) is 1. The molecule has 0 saturated carbocycles. The highest BCUT2D eigenvalue weighted by Gasteiger charge is 2.11.